The molecule has 0 radical (unpaired) electrons. The molecular weight excluding hydrogens is 490 g/mol. The highest BCUT2D eigenvalue weighted by Gasteiger charge is 2.47. The monoisotopic (exact) mass is 513 g/mol. The number of rotatable bonds is 7. The third-order valence-electron chi connectivity index (χ3n) is 4.97. The Balaban J connectivity index is 1.96. The van der Waals surface area contributed by atoms with Crippen LogP contribution in [0.4, 0.5) is 0 Å². The fourth-order valence-electron chi connectivity index (χ4n) is 3.62. The molecule has 0 unspecified atom stereocenters. The summed E-state index contributed by atoms with van der Waals surface area (Å²) in [5.74, 6) is -1.77. The molecule has 0 aromatic heterocycles. The molecule has 2 aromatic carbocycles. The van der Waals surface area contributed by atoms with Gasteiger partial charge in [0, 0.05) is 42.5 Å². The molecule has 3 rings (SSSR count). The smallest absolute Gasteiger partial charge is 0.303 e. The zero-order chi connectivity index (χ0) is 25.5. The van der Waals surface area contributed by atoms with E-state index in [0.29, 0.717) is 16.2 Å². The minimum Gasteiger partial charge on any atom is -0.458 e. The van der Waals surface area contributed by atoms with E-state index in [1.165, 1.54) is 44.3 Å². The molecule has 1 aliphatic rings. The SMILES string of the molecule is CC(=O)O[C@@H]1[C@@H](OC(C)=O)[C@H](Sc2ccccc2C(=O)c2ccccc2C#N)SC[C@H]1OC(C)=O. The Hall–Kier alpha value is -3.29. The molecule has 182 valence electrons. The molecule has 8 nitrogen and oxygen atoms in total. The summed E-state index contributed by atoms with van der Waals surface area (Å²) in [5.41, 5.74) is 0.929. The number of esters is 3. The summed E-state index contributed by atoms with van der Waals surface area (Å²) >= 11 is 2.65. The van der Waals surface area contributed by atoms with Crippen LogP contribution in [0, 0.1) is 11.3 Å². The second-order valence-corrected chi connectivity index (χ2v) is 10.3. The number of carbonyl (C=O) groups excluding carboxylic acids is 4. The molecule has 0 aliphatic carbocycles. The van der Waals surface area contributed by atoms with Gasteiger partial charge in [-0.15, -0.1) is 23.5 Å². The lowest BCUT2D eigenvalue weighted by Gasteiger charge is -2.40. The summed E-state index contributed by atoms with van der Waals surface area (Å²) in [6, 6.07) is 15.5. The predicted octanol–water partition coefficient (Wildman–Crippen LogP) is 3.75. The molecule has 1 saturated heterocycles. The number of carbonyl (C=O) groups is 4. The lowest BCUT2D eigenvalue weighted by molar-refractivity contribution is -0.180. The third kappa shape index (κ3) is 6.65. The largest absolute Gasteiger partial charge is 0.458 e. The van der Waals surface area contributed by atoms with Crippen LogP contribution in [-0.2, 0) is 28.6 Å². The zero-order valence-electron chi connectivity index (χ0n) is 19.3. The van der Waals surface area contributed by atoms with Crippen molar-refractivity contribution in [3.05, 3.63) is 65.2 Å². The van der Waals surface area contributed by atoms with Crippen LogP contribution in [0.15, 0.2) is 53.4 Å². The van der Waals surface area contributed by atoms with Crippen LogP contribution in [0.1, 0.15) is 42.3 Å². The van der Waals surface area contributed by atoms with Gasteiger partial charge in [0.15, 0.2) is 24.1 Å². The molecule has 35 heavy (non-hydrogen) atoms. The Kier molecular flexibility index (Phi) is 8.95. The molecule has 0 saturated carbocycles. The summed E-state index contributed by atoms with van der Waals surface area (Å²) < 4.78 is 15.8. The van der Waals surface area contributed by atoms with Crippen LogP contribution in [0.2, 0.25) is 0 Å². The summed E-state index contributed by atoms with van der Waals surface area (Å²) in [4.78, 5) is 49.3. The highest BCUT2D eigenvalue weighted by Crippen LogP contribution is 2.43. The minimum atomic E-state index is -1.01. The van der Waals surface area contributed by atoms with Gasteiger partial charge in [0.1, 0.15) is 0 Å². The zero-order valence-corrected chi connectivity index (χ0v) is 20.9. The van der Waals surface area contributed by atoms with Crippen LogP contribution >= 0.6 is 23.5 Å². The Morgan fingerprint density at radius 1 is 0.857 bits per heavy atom. The number of thioether (sulfide) groups is 2. The van der Waals surface area contributed by atoms with Crippen LogP contribution in [-0.4, -0.2) is 52.3 Å². The molecule has 4 atom stereocenters. The molecule has 0 bridgehead atoms. The van der Waals surface area contributed by atoms with Crippen molar-refractivity contribution in [3.8, 4) is 6.07 Å². The molecule has 1 heterocycles. The van der Waals surface area contributed by atoms with Crippen molar-refractivity contribution < 1.29 is 33.4 Å². The minimum absolute atomic E-state index is 0.265. The average molecular weight is 514 g/mol. The number of ketones is 1. The van der Waals surface area contributed by atoms with E-state index >= 15 is 0 Å². The van der Waals surface area contributed by atoms with E-state index in [9.17, 15) is 24.4 Å². The Labute approximate surface area is 211 Å². The van der Waals surface area contributed by atoms with Gasteiger partial charge in [-0.1, -0.05) is 24.3 Å². The molecular formula is C25H23NO7S2. The third-order valence-corrected chi connectivity index (χ3v) is 7.90. The van der Waals surface area contributed by atoms with Crippen molar-refractivity contribution in [2.75, 3.05) is 5.75 Å². The Morgan fingerprint density at radius 3 is 2.06 bits per heavy atom. The van der Waals surface area contributed by atoms with Crippen LogP contribution in [0.5, 0.6) is 0 Å². The number of benzene rings is 2. The topological polar surface area (TPSA) is 120 Å². The van der Waals surface area contributed by atoms with Gasteiger partial charge >= 0.3 is 17.9 Å². The first-order valence-corrected chi connectivity index (χ1v) is 12.6. The van der Waals surface area contributed by atoms with E-state index < -0.39 is 40.8 Å². The summed E-state index contributed by atoms with van der Waals surface area (Å²) in [7, 11) is 0. The predicted molar refractivity (Wildman–Crippen MR) is 130 cm³/mol. The van der Waals surface area contributed by atoms with Crippen LogP contribution in [0.25, 0.3) is 0 Å². The fraction of sp³-hybridized carbons (Fsp3) is 0.320. The average Bonchev–Trinajstić information content (AvgIpc) is 2.81. The first-order chi connectivity index (χ1) is 16.7. The molecule has 0 spiro atoms. The van der Waals surface area contributed by atoms with Crippen molar-refractivity contribution in [2.24, 2.45) is 0 Å². The second kappa shape index (κ2) is 11.9. The van der Waals surface area contributed by atoms with Gasteiger partial charge in [0.25, 0.3) is 0 Å². The lowest BCUT2D eigenvalue weighted by atomic mass is 9.99. The molecule has 10 heteroatoms. The van der Waals surface area contributed by atoms with Gasteiger partial charge in [0.05, 0.1) is 16.2 Å². The fourth-order valence-corrected chi connectivity index (χ4v) is 6.51. The normalized spacial score (nSPS) is 21.3. The summed E-state index contributed by atoms with van der Waals surface area (Å²) in [5, 5.41) is 9.42. The highest BCUT2D eigenvalue weighted by molar-refractivity contribution is 8.17. The van der Waals surface area contributed by atoms with Gasteiger partial charge in [-0.3, -0.25) is 19.2 Å². The molecule has 0 N–H and O–H groups in total. The molecule has 0 amide bonds. The van der Waals surface area contributed by atoms with Crippen molar-refractivity contribution >= 4 is 47.2 Å². The van der Waals surface area contributed by atoms with Gasteiger partial charge in [-0.05, 0) is 24.3 Å². The van der Waals surface area contributed by atoms with E-state index in [1.54, 1.807) is 48.5 Å². The van der Waals surface area contributed by atoms with E-state index in [2.05, 4.69) is 0 Å². The number of hydrogen-bond acceptors (Lipinski definition) is 10. The van der Waals surface area contributed by atoms with E-state index in [1.807, 2.05) is 6.07 Å². The van der Waals surface area contributed by atoms with Crippen molar-refractivity contribution in [2.45, 2.75) is 48.6 Å². The number of nitrogens with zero attached hydrogens (tertiary/aromatic N) is 1. The van der Waals surface area contributed by atoms with Crippen molar-refractivity contribution in [1.29, 1.82) is 5.26 Å². The quantitative estimate of drug-likeness (QED) is 0.307. The maximum Gasteiger partial charge on any atom is 0.303 e. The van der Waals surface area contributed by atoms with Gasteiger partial charge < -0.3 is 14.2 Å². The Morgan fingerprint density at radius 2 is 1.43 bits per heavy atom. The summed E-state index contributed by atoms with van der Waals surface area (Å²) in [6.45, 7) is 3.71. The standard InChI is InChI=1S/C25H23NO7S2/c1-14(27)31-20-13-34-25(24(33-16(3)29)23(20)32-15(2)28)35-21-11-7-6-10-19(21)22(30)18-9-5-4-8-17(18)12-26/h4-11,20,23-25H,13H2,1-3H3/t20-,23+,24-,25+/m1/s1. The number of nitriles is 1. The first kappa shape index (κ1) is 26.3. The number of hydrogen-bond donors (Lipinski definition) is 0. The molecule has 1 fully saturated rings. The van der Waals surface area contributed by atoms with Gasteiger partial charge in [-0.25, -0.2) is 0 Å². The van der Waals surface area contributed by atoms with E-state index in [0.717, 1.165) is 0 Å². The van der Waals surface area contributed by atoms with Gasteiger partial charge in [-0.2, -0.15) is 5.26 Å². The van der Waals surface area contributed by atoms with Crippen molar-refractivity contribution in [1.82, 2.24) is 0 Å². The Bertz CT molecular complexity index is 1180. The molecule has 1 aliphatic heterocycles. The number of ether oxygens (including phenoxy) is 3. The second-order valence-electron chi connectivity index (χ2n) is 7.60. The highest BCUT2D eigenvalue weighted by atomic mass is 32.2. The maximum absolute atomic E-state index is 13.3. The summed E-state index contributed by atoms with van der Waals surface area (Å²) in [6.07, 6.45) is -2.76. The maximum atomic E-state index is 13.3. The van der Waals surface area contributed by atoms with Crippen molar-refractivity contribution in [3.63, 3.8) is 0 Å². The first-order valence-electron chi connectivity index (χ1n) is 10.6. The van der Waals surface area contributed by atoms with Crippen LogP contribution in [0.3, 0.4) is 0 Å². The van der Waals surface area contributed by atoms with Gasteiger partial charge in [0.2, 0.25) is 0 Å². The van der Waals surface area contributed by atoms with Crippen LogP contribution < -0.4 is 0 Å². The van der Waals surface area contributed by atoms with E-state index in [4.69, 9.17) is 14.2 Å². The lowest BCUT2D eigenvalue weighted by Crippen LogP contribution is -2.53. The molecule has 2 aromatic rings. The van der Waals surface area contributed by atoms with E-state index in [-0.39, 0.29) is 16.9 Å².